The summed E-state index contributed by atoms with van der Waals surface area (Å²) < 4.78 is 39.7. The van der Waals surface area contributed by atoms with E-state index >= 15 is 0 Å². The van der Waals surface area contributed by atoms with E-state index in [1.165, 1.54) is 50.7 Å². The Balaban J connectivity index is 1.42. The second kappa shape index (κ2) is 11.7. The van der Waals surface area contributed by atoms with E-state index in [1.54, 1.807) is 0 Å². The fourth-order valence-corrected chi connectivity index (χ4v) is 5.16. The van der Waals surface area contributed by atoms with Crippen molar-refractivity contribution in [2.45, 2.75) is 77.6 Å². The first-order valence-electron chi connectivity index (χ1n) is 12.0. The molecular formula is C26H38F2O2. The van der Waals surface area contributed by atoms with Crippen LogP contribution in [0.3, 0.4) is 0 Å². The van der Waals surface area contributed by atoms with Gasteiger partial charge in [-0.2, -0.15) is 8.78 Å². The number of benzene rings is 1. The van der Waals surface area contributed by atoms with Crippen molar-refractivity contribution in [3.8, 4) is 11.5 Å². The van der Waals surface area contributed by atoms with E-state index in [2.05, 4.69) is 19.6 Å². The van der Waals surface area contributed by atoms with Gasteiger partial charge in [-0.15, -0.1) is 6.58 Å². The van der Waals surface area contributed by atoms with Crippen LogP contribution in [0, 0.1) is 35.3 Å². The Kier molecular flexibility index (Phi) is 9.02. The lowest BCUT2D eigenvalue weighted by Gasteiger charge is -2.37. The average Bonchev–Trinajstić information content (AvgIpc) is 2.79. The average molecular weight is 421 g/mol. The van der Waals surface area contributed by atoms with Crippen LogP contribution in [0.25, 0.3) is 0 Å². The molecule has 2 saturated carbocycles. The summed E-state index contributed by atoms with van der Waals surface area (Å²) in [5.74, 6) is 0.928. The second-order valence-electron chi connectivity index (χ2n) is 9.25. The molecule has 1 aromatic rings. The number of hydrogen-bond donors (Lipinski definition) is 0. The summed E-state index contributed by atoms with van der Waals surface area (Å²) in [6.45, 7) is 6.90. The highest BCUT2D eigenvalue weighted by Crippen LogP contribution is 2.41. The van der Waals surface area contributed by atoms with Gasteiger partial charge in [0.1, 0.15) is 0 Å². The van der Waals surface area contributed by atoms with E-state index in [9.17, 15) is 8.78 Å². The van der Waals surface area contributed by atoms with Gasteiger partial charge in [0, 0.05) is 0 Å². The van der Waals surface area contributed by atoms with E-state index in [-0.39, 0.29) is 11.5 Å². The Bertz CT molecular complexity index is 659. The van der Waals surface area contributed by atoms with Gasteiger partial charge in [-0.05, 0) is 93.6 Å². The lowest BCUT2D eigenvalue weighted by Crippen LogP contribution is -2.27. The number of rotatable bonds is 10. The number of ether oxygens (including phenoxy) is 2. The summed E-state index contributed by atoms with van der Waals surface area (Å²) in [6.07, 6.45) is 15.0. The molecular weight excluding hydrogens is 382 g/mol. The largest absolute Gasteiger partial charge is 0.490 e. The van der Waals surface area contributed by atoms with Gasteiger partial charge in [-0.25, -0.2) is 0 Å². The molecule has 0 bridgehead atoms. The van der Waals surface area contributed by atoms with Crippen molar-refractivity contribution in [1.29, 1.82) is 0 Å². The van der Waals surface area contributed by atoms with Crippen LogP contribution >= 0.6 is 0 Å². The molecule has 1 aromatic carbocycles. The first-order valence-corrected chi connectivity index (χ1v) is 12.0. The third kappa shape index (κ3) is 6.21. The number of unbranched alkanes of at least 4 members (excludes halogenated alkanes) is 2. The molecule has 0 heterocycles. The zero-order valence-electron chi connectivity index (χ0n) is 18.5. The van der Waals surface area contributed by atoms with Gasteiger partial charge in [-0.3, -0.25) is 0 Å². The summed E-state index contributed by atoms with van der Waals surface area (Å²) in [4.78, 5) is 0. The van der Waals surface area contributed by atoms with Gasteiger partial charge in [-0.1, -0.05) is 25.8 Å². The molecule has 2 fully saturated rings. The molecule has 0 aromatic heterocycles. The molecule has 168 valence electrons. The smallest absolute Gasteiger partial charge is 0.204 e. The van der Waals surface area contributed by atoms with Crippen molar-refractivity contribution < 1.29 is 18.3 Å². The van der Waals surface area contributed by atoms with Crippen LogP contribution in [0.4, 0.5) is 8.78 Å². The van der Waals surface area contributed by atoms with Crippen molar-refractivity contribution in [2.24, 2.45) is 23.7 Å². The van der Waals surface area contributed by atoms with E-state index in [0.29, 0.717) is 19.1 Å². The van der Waals surface area contributed by atoms with Crippen LogP contribution < -0.4 is 9.47 Å². The number of halogens is 2. The standard InChI is InChI=1S/C26H38F2O2/c1-3-5-6-17-29-23-15-16-24(26(28)25(23)27)30-18-20-9-13-22(14-10-20)21-11-7-19(4-2)8-12-21/h4,15-16,19-22H,2-3,5-14,17-18H2,1H3. The molecule has 3 rings (SSSR count). The Morgan fingerprint density at radius 2 is 1.43 bits per heavy atom. The Hall–Kier alpha value is -1.58. The zero-order valence-corrected chi connectivity index (χ0v) is 18.5. The Morgan fingerprint density at radius 3 is 2.00 bits per heavy atom. The van der Waals surface area contributed by atoms with Crippen LogP contribution in [-0.4, -0.2) is 13.2 Å². The van der Waals surface area contributed by atoms with Gasteiger partial charge in [0.05, 0.1) is 13.2 Å². The van der Waals surface area contributed by atoms with Crippen LogP contribution in [0.5, 0.6) is 11.5 Å². The first kappa shape index (κ1) is 23.1. The molecule has 0 N–H and O–H groups in total. The summed E-state index contributed by atoms with van der Waals surface area (Å²) in [6, 6.07) is 2.98. The van der Waals surface area contributed by atoms with Crippen molar-refractivity contribution in [1.82, 2.24) is 0 Å². The third-order valence-electron chi connectivity index (χ3n) is 7.20. The highest BCUT2D eigenvalue weighted by molar-refractivity contribution is 5.35. The lowest BCUT2D eigenvalue weighted by atomic mass is 9.69. The molecule has 30 heavy (non-hydrogen) atoms. The fraction of sp³-hybridized carbons (Fsp3) is 0.692. The normalized spacial score (nSPS) is 26.9. The van der Waals surface area contributed by atoms with E-state index in [1.807, 2.05) is 0 Å². The molecule has 4 heteroatoms. The molecule has 2 nitrogen and oxygen atoms in total. The van der Waals surface area contributed by atoms with Crippen LogP contribution in [0.15, 0.2) is 24.8 Å². The van der Waals surface area contributed by atoms with Crippen molar-refractivity contribution >= 4 is 0 Å². The monoisotopic (exact) mass is 420 g/mol. The quantitative estimate of drug-likeness (QED) is 0.285. The van der Waals surface area contributed by atoms with E-state index in [4.69, 9.17) is 9.47 Å². The minimum Gasteiger partial charge on any atom is -0.490 e. The van der Waals surface area contributed by atoms with Crippen LogP contribution in [0.2, 0.25) is 0 Å². The summed E-state index contributed by atoms with van der Waals surface area (Å²) in [7, 11) is 0. The number of allylic oxidation sites excluding steroid dienone is 1. The van der Waals surface area contributed by atoms with Gasteiger partial charge in [0.2, 0.25) is 11.6 Å². The maximum Gasteiger partial charge on any atom is 0.204 e. The minimum atomic E-state index is -0.942. The molecule has 0 spiro atoms. The van der Waals surface area contributed by atoms with Gasteiger partial charge >= 0.3 is 0 Å². The highest BCUT2D eigenvalue weighted by atomic mass is 19.2. The molecule has 0 atom stereocenters. The fourth-order valence-electron chi connectivity index (χ4n) is 5.16. The molecule has 2 aliphatic carbocycles. The molecule has 0 aliphatic heterocycles. The highest BCUT2D eigenvalue weighted by Gasteiger charge is 2.30. The predicted molar refractivity (Wildman–Crippen MR) is 118 cm³/mol. The Labute approximate surface area is 181 Å². The third-order valence-corrected chi connectivity index (χ3v) is 7.20. The predicted octanol–water partition coefficient (Wildman–Crippen LogP) is 7.71. The van der Waals surface area contributed by atoms with E-state index in [0.717, 1.165) is 49.9 Å². The van der Waals surface area contributed by atoms with Gasteiger partial charge in [0.15, 0.2) is 11.5 Å². The molecule has 0 radical (unpaired) electrons. The SMILES string of the molecule is C=CC1CCC(C2CCC(COc3ccc(OCCCCC)c(F)c3F)CC2)CC1. The maximum atomic E-state index is 14.4. The minimum absolute atomic E-state index is 0.00159. The number of hydrogen-bond acceptors (Lipinski definition) is 2. The second-order valence-corrected chi connectivity index (χ2v) is 9.25. The lowest BCUT2D eigenvalue weighted by molar-refractivity contribution is 0.127. The summed E-state index contributed by atoms with van der Waals surface area (Å²) in [5, 5.41) is 0. The van der Waals surface area contributed by atoms with E-state index < -0.39 is 11.6 Å². The Morgan fingerprint density at radius 1 is 0.867 bits per heavy atom. The van der Waals surface area contributed by atoms with Crippen LogP contribution in [-0.2, 0) is 0 Å². The topological polar surface area (TPSA) is 18.5 Å². The van der Waals surface area contributed by atoms with Crippen molar-refractivity contribution in [2.75, 3.05) is 13.2 Å². The maximum absolute atomic E-state index is 14.4. The molecule has 0 saturated heterocycles. The molecule has 0 amide bonds. The zero-order chi connectivity index (χ0) is 21.3. The van der Waals surface area contributed by atoms with Crippen molar-refractivity contribution in [3.63, 3.8) is 0 Å². The summed E-state index contributed by atoms with van der Waals surface area (Å²) in [5.41, 5.74) is 0. The van der Waals surface area contributed by atoms with Gasteiger partial charge in [0.25, 0.3) is 0 Å². The molecule has 2 aliphatic rings. The first-order chi connectivity index (χ1) is 14.6. The van der Waals surface area contributed by atoms with Crippen molar-refractivity contribution in [3.05, 3.63) is 36.4 Å². The summed E-state index contributed by atoms with van der Waals surface area (Å²) >= 11 is 0. The van der Waals surface area contributed by atoms with Gasteiger partial charge < -0.3 is 9.47 Å². The molecule has 0 unspecified atom stereocenters. The van der Waals surface area contributed by atoms with Crippen LogP contribution in [0.1, 0.15) is 77.6 Å².